The third-order valence-electron chi connectivity index (χ3n) is 2.76. The van der Waals surface area contributed by atoms with Crippen molar-refractivity contribution >= 4 is 0 Å². The van der Waals surface area contributed by atoms with Gasteiger partial charge in [0.05, 0.1) is 0 Å². The highest BCUT2D eigenvalue weighted by Gasteiger charge is 1.97. The monoisotopic (exact) mass is 288 g/mol. The summed E-state index contributed by atoms with van der Waals surface area (Å²) < 4.78 is 5.79. The molecule has 0 atom stereocenters. The molecule has 0 saturated carbocycles. The van der Waals surface area contributed by atoms with Crippen molar-refractivity contribution in [3.8, 4) is 5.75 Å². The molecule has 0 aromatic heterocycles. The Balaban J connectivity index is 0.00000200. The van der Waals surface area contributed by atoms with Gasteiger partial charge in [0.15, 0.2) is 0 Å². The molecule has 2 nitrogen and oxygen atoms in total. The van der Waals surface area contributed by atoms with Crippen LogP contribution in [-0.2, 0) is 13.2 Å². The molecule has 2 aromatic carbocycles. The van der Waals surface area contributed by atoms with Gasteiger partial charge in [-0.2, -0.15) is 0 Å². The van der Waals surface area contributed by atoms with E-state index in [1.54, 1.807) is 0 Å². The Kier molecular flexibility index (Phi) is 7.48. The fourth-order valence-corrected chi connectivity index (χ4v) is 1.80. The van der Waals surface area contributed by atoms with E-state index in [9.17, 15) is 0 Å². The van der Waals surface area contributed by atoms with Crippen LogP contribution < -0.4 is 22.5 Å². The van der Waals surface area contributed by atoms with E-state index in [4.69, 9.17) is 4.74 Å². The van der Waals surface area contributed by atoms with Gasteiger partial charge in [-0.3, -0.25) is 0 Å². The first kappa shape index (κ1) is 16.3. The second-order valence-corrected chi connectivity index (χ2v) is 4.34. The zero-order valence-corrected chi connectivity index (χ0v) is 12.1. The topological polar surface area (TPSA) is 21.3 Å². The minimum absolute atomic E-state index is 0. The molecule has 0 heterocycles. The molecule has 0 aliphatic heterocycles. The van der Waals surface area contributed by atoms with Gasteiger partial charge >= 0.3 is 0 Å². The second kappa shape index (κ2) is 9.18. The molecule has 0 radical (unpaired) electrons. The minimum atomic E-state index is 0. The highest BCUT2D eigenvalue weighted by molar-refractivity contribution is 5.29. The van der Waals surface area contributed by atoms with E-state index in [2.05, 4.69) is 36.2 Å². The minimum Gasteiger partial charge on any atom is -1.00 e. The van der Waals surface area contributed by atoms with Gasteiger partial charge in [0.2, 0.25) is 0 Å². The SMILES string of the molecule is C=CCNCc1cccc(OCc2ccccc2)c1.[Cl-]. The molecule has 0 spiro atoms. The van der Waals surface area contributed by atoms with Crippen LogP contribution in [0.25, 0.3) is 0 Å². The van der Waals surface area contributed by atoms with Crippen LogP contribution in [-0.4, -0.2) is 6.54 Å². The number of hydrogen-bond acceptors (Lipinski definition) is 2. The zero-order chi connectivity index (χ0) is 13.3. The zero-order valence-electron chi connectivity index (χ0n) is 11.4. The Labute approximate surface area is 126 Å². The van der Waals surface area contributed by atoms with Crippen molar-refractivity contribution < 1.29 is 17.1 Å². The first-order valence-corrected chi connectivity index (χ1v) is 6.46. The molecule has 106 valence electrons. The van der Waals surface area contributed by atoms with Crippen LogP contribution in [0.2, 0.25) is 0 Å². The third-order valence-corrected chi connectivity index (χ3v) is 2.76. The predicted molar refractivity (Wildman–Crippen MR) is 79.1 cm³/mol. The predicted octanol–water partition coefficient (Wildman–Crippen LogP) is 0.545. The van der Waals surface area contributed by atoms with Crippen molar-refractivity contribution in [3.05, 3.63) is 78.4 Å². The number of rotatable bonds is 7. The third kappa shape index (κ3) is 5.47. The highest BCUT2D eigenvalue weighted by Crippen LogP contribution is 2.15. The molecule has 0 saturated heterocycles. The van der Waals surface area contributed by atoms with Gasteiger partial charge in [-0.05, 0) is 23.3 Å². The molecule has 0 aliphatic carbocycles. The van der Waals surface area contributed by atoms with Gasteiger partial charge < -0.3 is 22.5 Å². The molecule has 0 aliphatic rings. The summed E-state index contributed by atoms with van der Waals surface area (Å²) in [6.07, 6.45) is 1.86. The number of halogens is 1. The number of benzene rings is 2. The highest BCUT2D eigenvalue weighted by atomic mass is 35.5. The average molecular weight is 289 g/mol. The summed E-state index contributed by atoms with van der Waals surface area (Å²) in [4.78, 5) is 0. The van der Waals surface area contributed by atoms with Gasteiger partial charge in [-0.1, -0.05) is 48.5 Å². The molecule has 0 amide bonds. The van der Waals surface area contributed by atoms with Crippen molar-refractivity contribution in [1.29, 1.82) is 0 Å². The lowest BCUT2D eigenvalue weighted by Gasteiger charge is -2.08. The van der Waals surface area contributed by atoms with Crippen LogP contribution in [0.5, 0.6) is 5.75 Å². The fraction of sp³-hybridized carbons (Fsp3) is 0.176. The maximum Gasteiger partial charge on any atom is 0.120 e. The maximum absolute atomic E-state index is 5.79. The summed E-state index contributed by atoms with van der Waals surface area (Å²) in [6, 6.07) is 18.3. The van der Waals surface area contributed by atoms with Crippen LogP contribution in [0.4, 0.5) is 0 Å². The molecule has 2 rings (SSSR count). The lowest BCUT2D eigenvalue weighted by Crippen LogP contribution is -3.00. The molecule has 0 unspecified atom stereocenters. The van der Waals surface area contributed by atoms with Crippen LogP contribution in [0.15, 0.2) is 67.3 Å². The molecule has 2 aromatic rings. The summed E-state index contributed by atoms with van der Waals surface area (Å²) in [6.45, 7) is 5.93. The van der Waals surface area contributed by atoms with Crippen LogP contribution in [0, 0.1) is 0 Å². The van der Waals surface area contributed by atoms with Gasteiger partial charge in [0, 0.05) is 13.1 Å². The number of hydrogen-bond donors (Lipinski definition) is 1. The Hall–Kier alpha value is -1.77. The van der Waals surface area contributed by atoms with E-state index < -0.39 is 0 Å². The number of ether oxygens (including phenoxy) is 1. The molecular formula is C17H19ClNO-. The van der Waals surface area contributed by atoms with Gasteiger partial charge in [-0.15, -0.1) is 6.58 Å². The lowest BCUT2D eigenvalue weighted by molar-refractivity contribution is -0.00000425. The first-order chi connectivity index (χ1) is 9.38. The van der Waals surface area contributed by atoms with Gasteiger partial charge in [0.1, 0.15) is 12.4 Å². The fourth-order valence-electron chi connectivity index (χ4n) is 1.80. The van der Waals surface area contributed by atoms with Gasteiger partial charge in [0.25, 0.3) is 0 Å². The second-order valence-electron chi connectivity index (χ2n) is 4.34. The van der Waals surface area contributed by atoms with E-state index in [1.807, 2.05) is 36.4 Å². The standard InChI is InChI=1S/C17H19NO.ClH/c1-2-11-18-13-16-9-6-10-17(12-16)19-14-15-7-4-3-5-8-15;/h2-10,12,18H,1,11,13-14H2;1H/p-1. The average Bonchev–Trinajstić information content (AvgIpc) is 2.47. The van der Waals surface area contributed by atoms with Gasteiger partial charge in [-0.25, -0.2) is 0 Å². The van der Waals surface area contributed by atoms with E-state index in [0.29, 0.717) is 6.61 Å². The first-order valence-electron chi connectivity index (χ1n) is 6.46. The van der Waals surface area contributed by atoms with Crippen LogP contribution in [0.1, 0.15) is 11.1 Å². The smallest absolute Gasteiger partial charge is 0.120 e. The quantitative estimate of drug-likeness (QED) is 0.593. The van der Waals surface area contributed by atoms with Crippen molar-refractivity contribution in [2.45, 2.75) is 13.2 Å². The largest absolute Gasteiger partial charge is 1.00 e. The normalized spacial score (nSPS) is 9.60. The van der Waals surface area contributed by atoms with E-state index in [0.717, 1.165) is 18.8 Å². The van der Waals surface area contributed by atoms with Crippen LogP contribution >= 0.6 is 0 Å². The van der Waals surface area contributed by atoms with E-state index >= 15 is 0 Å². The van der Waals surface area contributed by atoms with E-state index in [-0.39, 0.29) is 12.4 Å². The van der Waals surface area contributed by atoms with Crippen molar-refractivity contribution in [2.24, 2.45) is 0 Å². The maximum atomic E-state index is 5.79. The summed E-state index contributed by atoms with van der Waals surface area (Å²) in [5, 5.41) is 3.28. The molecule has 3 heteroatoms. The Morgan fingerprint density at radius 1 is 1.00 bits per heavy atom. The Bertz CT molecular complexity index is 513. The van der Waals surface area contributed by atoms with Crippen molar-refractivity contribution in [1.82, 2.24) is 5.32 Å². The van der Waals surface area contributed by atoms with Crippen LogP contribution in [0.3, 0.4) is 0 Å². The molecular weight excluding hydrogens is 270 g/mol. The Morgan fingerprint density at radius 2 is 1.75 bits per heavy atom. The molecule has 1 N–H and O–H groups in total. The molecule has 0 fully saturated rings. The molecule has 20 heavy (non-hydrogen) atoms. The van der Waals surface area contributed by atoms with Crippen molar-refractivity contribution in [2.75, 3.05) is 6.54 Å². The number of nitrogens with one attached hydrogen (secondary N) is 1. The summed E-state index contributed by atoms with van der Waals surface area (Å²) in [5.74, 6) is 0.904. The summed E-state index contributed by atoms with van der Waals surface area (Å²) in [7, 11) is 0. The summed E-state index contributed by atoms with van der Waals surface area (Å²) in [5.41, 5.74) is 2.39. The lowest BCUT2D eigenvalue weighted by atomic mass is 10.2. The summed E-state index contributed by atoms with van der Waals surface area (Å²) >= 11 is 0. The van der Waals surface area contributed by atoms with E-state index in [1.165, 1.54) is 11.1 Å². The molecule has 0 bridgehead atoms. The van der Waals surface area contributed by atoms with Crippen molar-refractivity contribution in [3.63, 3.8) is 0 Å². The Morgan fingerprint density at radius 3 is 2.50 bits per heavy atom.